The zero-order valence-electron chi connectivity index (χ0n) is 13.4. The van der Waals surface area contributed by atoms with Crippen LogP contribution in [-0.4, -0.2) is 24.5 Å². The number of ether oxygens (including phenoxy) is 1. The number of aromatic nitrogens is 1. The number of thiazole rings is 1. The standard InChI is InChI=1S/C17H17FN2O2S2/c1-10-20-11(9-23-10)6-7-19-17(21)16-12(8-22-2)15-13(18)4-3-5-14(15)24-16/h3-5,9H,6-8H2,1-2H3,(H,19,21). The Labute approximate surface area is 147 Å². The van der Waals surface area contributed by atoms with Crippen LogP contribution in [0.2, 0.25) is 0 Å². The van der Waals surface area contributed by atoms with Crippen molar-refractivity contribution in [3.05, 3.63) is 50.5 Å². The third-order valence-electron chi connectivity index (χ3n) is 3.59. The van der Waals surface area contributed by atoms with Gasteiger partial charge in [0.15, 0.2) is 0 Å². The van der Waals surface area contributed by atoms with Crippen LogP contribution in [0.25, 0.3) is 10.1 Å². The number of carbonyl (C=O) groups is 1. The average molecular weight is 364 g/mol. The zero-order chi connectivity index (χ0) is 17.1. The fraction of sp³-hybridized carbons (Fsp3) is 0.294. The van der Waals surface area contributed by atoms with Gasteiger partial charge in [-0.05, 0) is 19.1 Å². The molecule has 4 nitrogen and oxygen atoms in total. The molecular weight excluding hydrogens is 347 g/mol. The second-order valence-corrected chi connectivity index (χ2v) is 7.43. The van der Waals surface area contributed by atoms with E-state index in [0.29, 0.717) is 28.8 Å². The molecule has 126 valence electrons. The number of hydrogen-bond acceptors (Lipinski definition) is 5. The third-order valence-corrected chi connectivity index (χ3v) is 5.61. The summed E-state index contributed by atoms with van der Waals surface area (Å²) >= 11 is 2.88. The first-order chi connectivity index (χ1) is 11.6. The fourth-order valence-electron chi connectivity index (χ4n) is 2.54. The van der Waals surface area contributed by atoms with Crippen LogP contribution in [0.4, 0.5) is 4.39 Å². The normalized spacial score (nSPS) is 11.1. The van der Waals surface area contributed by atoms with Crippen molar-refractivity contribution in [2.24, 2.45) is 0 Å². The molecule has 0 atom stereocenters. The molecule has 1 aromatic carbocycles. The third kappa shape index (κ3) is 3.48. The number of benzene rings is 1. The van der Waals surface area contributed by atoms with Crippen LogP contribution in [-0.2, 0) is 17.8 Å². The number of amides is 1. The number of nitrogens with zero attached hydrogens (tertiary/aromatic N) is 1. The van der Waals surface area contributed by atoms with Crippen LogP contribution in [0.1, 0.15) is 25.9 Å². The molecule has 0 aliphatic carbocycles. The van der Waals surface area contributed by atoms with Crippen molar-refractivity contribution in [1.29, 1.82) is 0 Å². The molecule has 0 aliphatic rings. The first-order valence-corrected chi connectivity index (χ1v) is 9.17. The summed E-state index contributed by atoms with van der Waals surface area (Å²) in [5.74, 6) is -0.526. The van der Waals surface area contributed by atoms with Gasteiger partial charge in [-0.2, -0.15) is 0 Å². The summed E-state index contributed by atoms with van der Waals surface area (Å²) < 4.78 is 20.1. The van der Waals surface area contributed by atoms with E-state index in [9.17, 15) is 9.18 Å². The maximum atomic E-state index is 14.1. The van der Waals surface area contributed by atoms with Crippen molar-refractivity contribution in [2.75, 3.05) is 13.7 Å². The van der Waals surface area contributed by atoms with Crippen molar-refractivity contribution in [3.63, 3.8) is 0 Å². The molecule has 0 bridgehead atoms. The number of hydrogen-bond donors (Lipinski definition) is 1. The van der Waals surface area contributed by atoms with Crippen molar-refractivity contribution in [3.8, 4) is 0 Å². The van der Waals surface area contributed by atoms with Crippen molar-refractivity contribution in [1.82, 2.24) is 10.3 Å². The van der Waals surface area contributed by atoms with Gasteiger partial charge in [0.1, 0.15) is 5.82 Å². The van der Waals surface area contributed by atoms with E-state index < -0.39 is 0 Å². The molecule has 7 heteroatoms. The van der Waals surface area contributed by atoms with Crippen LogP contribution >= 0.6 is 22.7 Å². The molecule has 0 fully saturated rings. The highest BCUT2D eigenvalue weighted by Crippen LogP contribution is 2.33. The number of aryl methyl sites for hydroxylation is 1. The monoisotopic (exact) mass is 364 g/mol. The van der Waals surface area contributed by atoms with E-state index in [-0.39, 0.29) is 18.3 Å². The predicted molar refractivity (Wildman–Crippen MR) is 95.4 cm³/mol. The van der Waals surface area contributed by atoms with Gasteiger partial charge in [-0.1, -0.05) is 6.07 Å². The Balaban J connectivity index is 1.78. The summed E-state index contributed by atoms with van der Waals surface area (Å²) in [5, 5.41) is 6.38. The van der Waals surface area contributed by atoms with Gasteiger partial charge in [0, 0.05) is 41.1 Å². The molecule has 0 saturated carbocycles. The Bertz CT molecular complexity index is 873. The Hall–Kier alpha value is -1.83. The number of carbonyl (C=O) groups excluding carboxylic acids is 1. The SMILES string of the molecule is COCc1c(C(=O)NCCc2csc(C)n2)sc2cccc(F)c12. The first kappa shape index (κ1) is 17.0. The summed E-state index contributed by atoms with van der Waals surface area (Å²) in [7, 11) is 1.54. The molecule has 0 aliphatic heterocycles. The van der Waals surface area contributed by atoms with Crippen LogP contribution < -0.4 is 5.32 Å². The highest BCUT2D eigenvalue weighted by atomic mass is 32.1. The van der Waals surface area contributed by atoms with Gasteiger partial charge in [-0.3, -0.25) is 4.79 Å². The lowest BCUT2D eigenvalue weighted by molar-refractivity contribution is 0.0954. The van der Waals surface area contributed by atoms with Crippen LogP contribution in [0.3, 0.4) is 0 Å². The van der Waals surface area contributed by atoms with Gasteiger partial charge in [0.2, 0.25) is 0 Å². The summed E-state index contributed by atoms with van der Waals surface area (Å²) in [5.41, 5.74) is 1.58. The molecule has 0 radical (unpaired) electrons. The summed E-state index contributed by atoms with van der Waals surface area (Å²) in [6.07, 6.45) is 0.676. The Kier molecular flexibility index (Phi) is 5.23. The summed E-state index contributed by atoms with van der Waals surface area (Å²) in [6, 6.07) is 4.87. The molecule has 24 heavy (non-hydrogen) atoms. The predicted octanol–water partition coefficient (Wildman–Crippen LogP) is 3.92. The van der Waals surface area contributed by atoms with E-state index in [2.05, 4.69) is 10.3 Å². The molecule has 0 spiro atoms. The minimum atomic E-state index is -0.326. The number of nitrogens with one attached hydrogen (secondary N) is 1. The molecule has 1 N–H and O–H groups in total. The molecule has 0 unspecified atom stereocenters. The molecule has 2 heterocycles. The Morgan fingerprint density at radius 2 is 2.25 bits per heavy atom. The number of thiophene rings is 1. The van der Waals surface area contributed by atoms with Gasteiger partial charge >= 0.3 is 0 Å². The van der Waals surface area contributed by atoms with Crippen LogP contribution in [0.5, 0.6) is 0 Å². The van der Waals surface area contributed by atoms with E-state index in [1.807, 2.05) is 18.4 Å². The van der Waals surface area contributed by atoms with Crippen molar-refractivity contribution < 1.29 is 13.9 Å². The van der Waals surface area contributed by atoms with E-state index in [0.717, 1.165) is 15.4 Å². The molecule has 3 aromatic rings. The van der Waals surface area contributed by atoms with E-state index in [4.69, 9.17) is 4.74 Å². The highest BCUT2D eigenvalue weighted by molar-refractivity contribution is 7.21. The second kappa shape index (κ2) is 7.38. The number of fused-ring (bicyclic) bond motifs is 1. The number of methoxy groups -OCH3 is 1. The van der Waals surface area contributed by atoms with Gasteiger partial charge in [0.25, 0.3) is 5.91 Å². The van der Waals surface area contributed by atoms with E-state index >= 15 is 0 Å². The largest absolute Gasteiger partial charge is 0.380 e. The van der Waals surface area contributed by atoms with Gasteiger partial charge in [0.05, 0.1) is 22.2 Å². The molecule has 3 rings (SSSR count). The molecule has 1 amide bonds. The van der Waals surface area contributed by atoms with E-state index in [1.165, 1.54) is 24.5 Å². The first-order valence-electron chi connectivity index (χ1n) is 7.48. The smallest absolute Gasteiger partial charge is 0.261 e. The lowest BCUT2D eigenvalue weighted by Crippen LogP contribution is -2.25. The van der Waals surface area contributed by atoms with Crippen molar-refractivity contribution in [2.45, 2.75) is 20.0 Å². The lowest BCUT2D eigenvalue weighted by atomic mass is 10.1. The van der Waals surface area contributed by atoms with Crippen LogP contribution in [0, 0.1) is 12.7 Å². The summed E-state index contributed by atoms with van der Waals surface area (Å²) in [6.45, 7) is 2.65. The van der Waals surface area contributed by atoms with Gasteiger partial charge in [-0.15, -0.1) is 22.7 Å². The number of halogens is 1. The lowest BCUT2D eigenvalue weighted by Gasteiger charge is -2.05. The topological polar surface area (TPSA) is 51.2 Å². The van der Waals surface area contributed by atoms with Crippen LogP contribution in [0.15, 0.2) is 23.6 Å². The minimum Gasteiger partial charge on any atom is -0.380 e. The highest BCUT2D eigenvalue weighted by Gasteiger charge is 2.20. The quantitative estimate of drug-likeness (QED) is 0.721. The fourth-order valence-corrected chi connectivity index (χ4v) is 4.33. The Morgan fingerprint density at radius 1 is 1.42 bits per heavy atom. The molecule has 2 aromatic heterocycles. The average Bonchev–Trinajstić information content (AvgIpc) is 3.13. The summed E-state index contributed by atoms with van der Waals surface area (Å²) in [4.78, 5) is 17.4. The minimum absolute atomic E-state index is 0.199. The maximum absolute atomic E-state index is 14.1. The maximum Gasteiger partial charge on any atom is 0.261 e. The van der Waals surface area contributed by atoms with Crippen molar-refractivity contribution >= 4 is 38.7 Å². The zero-order valence-corrected chi connectivity index (χ0v) is 15.0. The van der Waals surface area contributed by atoms with Gasteiger partial charge < -0.3 is 10.1 Å². The Morgan fingerprint density at radius 3 is 2.96 bits per heavy atom. The van der Waals surface area contributed by atoms with E-state index in [1.54, 1.807) is 17.4 Å². The second-order valence-electron chi connectivity index (χ2n) is 5.32. The van der Waals surface area contributed by atoms with Gasteiger partial charge in [-0.25, -0.2) is 9.37 Å². The number of rotatable bonds is 6. The molecular formula is C17H17FN2O2S2. The molecule has 0 saturated heterocycles.